The van der Waals surface area contributed by atoms with Crippen LogP contribution in [-0.4, -0.2) is 26.0 Å². The van der Waals surface area contributed by atoms with Crippen LogP contribution in [0.5, 0.6) is 0 Å². The Kier molecular flexibility index (Phi) is 5.44. The number of aromatic nitrogens is 4. The van der Waals surface area contributed by atoms with Crippen LogP contribution in [0.15, 0.2) is 109 Å². The number of carbonyl (C=O) groups excluding carboxylic acids is 1. The predicted octanol–water partition coefficient (Wildman–Crippen LogP) is 5.00. The van der Waals surface area contributed by atoms with Gasteiger partial charge in [0.25, 0.3) is 0 Å². The van der Waals surface area contributed by atoms with Gasteiger partial charge in [-0.25, -0.2) is 0 Å². The van der Waals surface area contributed by atoms with Crippen molar-refractivity contribution >= 4 is 17.1 Å². The Morgan fingerprint density at radius 3 is 1.75 bits per heavy atom. The van der Waals surface area contributed by atoms with Crippen molar-refractivity contribution < 1.29 is 4.79 Å². The molecule has 0 fully saturated rings. The van der Waals surface area contributed by atoms with Gasteiger partial charge in [-0.05, 0) is 33.4 Å². The first kappa shape index (κ1) is 20.0. The zero-order chi connectivity index (χ0) is 21.8. The molecule has 2 aromatic heterocycles. The maximum absolute atomic E-state index is 12.6. The van der Waals surface area contributed by atoms with Crippen molar-refractivity contribution in [2.24, 2.45) is 0 Å². The van der Waals surface area contributed by atoms with Gasteiger partial charge in [-0.15, -0.1) is 26.3 Å². The molecular weight excluding hydrogens is 416 g/mol. The van der Waals surface area contributed by atoms with E-state index in [0.29, 0.717) is 10.7 Å². The summed E-state index contributed by atoms with van der Waals surface area (Å²) in [7, 11) is 0. The molecule has 5 nitrogen and oxygen atoms in total. The summed E-state index contributed by atoms with van der Waals surface area (Å²) in [5, 5.41) is 15.4. The van der Waals surface area contributed by atoms with E-state index in [4.69, 9.17) is 5.10 Å². The molecular formula is C26H20N4OS. The molecule has 0 aliphatic carbocycles. The highest BCUT2D eigenvalue weighted by atomic mass is 32.1. The predicted molar refractivity (Wildman–Crippen MR) is 125 cm³/mol. The van der Waals surface area contributed by atoms with Gasteiger partial charge in [0.05, 0.1) is 11.3 Å². The average Bonchev–Trinajstić information content (AvgIpc) is 3.55. The standard InChI is InChI=1S/C26H20N4OS/c31-23(24-17-10-18-32-24)19-25-27-29-30(28-25)26(20-11-4-1-5-12-20,21-13-6-2-7-14-21)22-15-8-3-9-16-22/h1-18H,19H2. The number of carbonyl (C=O) groups is 1. The van der Waals surface area contributed by atoms with Crippen LogP contribution in [0.2, 0.25) is 0 Å². The van der Waals surface area contributed by atoms with E-state index in [2.05, 4.69) is 46.7 Å². The molecule has 0 radical (unpaired) electrons. The summed E-state index contributed by atoms with van der Waals surface area (Å²) in [6, 6.07) is 34.1. The molecule has 2 heterocycles. The lowest BCUT2D eigenvalue weighted by Gasteiger charge is -2.34. The highest BCUT2D eigenvalue weighted by molar-refractivity contribution is 7.12. The first-order valence-corrected chi connectivity index (χ1v) is 11.2. The molecule has 0 spiro atoms. The highest BCUT2D eigenvalue weighted by Gasteiger charge is 2.41. The lowest BCUT2D eigenvalue weighted by molar-refractivity contribution is 0.0994. The van der Waals surface area contributed by atoms with Crippen molar-refractivity contribution in [1.29, 1.82) is 0 Å². The second-order valence-electron chi connectivity index (χ2n) is 7.38. The van der Waals surface area contributed by atoms with Gasteiger partial charge in [0, 0.05) is 0 Å². The second kappa shape index (κ2) is 8.69. The molecule has 0 aliphatic rings. The van der Waals surface area contributed by atoms with E-state index in [9.17, 15) is 4.79 Å². The average molecular weight is 437 g/mol. The van der Waals surface area contributed by atoms with Gasteiger partial charge in [0.2, 0.25) is 0 Å². The summed E-state index contributed by atoms with van der Waals surface area (Å²) >= 11 is 1.42. The number of tetrazole rings is 1. The summed E-state index contributed by atoms with van der Waals surface area (Å²) in [6.07, 6.45) is 0.106. The number of rotatable bonds is 7. The Bertz CT molecular complexity index is 1200. The third-order valence-corrected chi connectivity index (χ3v) is 6.36. The van der Waals surface area contributed by atoms with Crippen molar-refractivity contribution in [2.45, 2.75) is 12.0 Å². The Morgan fingerprint density at radius 1 is 0.750 bits per heavy atom. The number of Topliss-reactive ketones (excluding diaryl/α,β-unsaturated/α-hetero) is 1. The smallest absolute Gasteiger partial charge is 0.182 e. The topological polar surface area (TPSA) is 60.7 Å². The van der Waals surface area contributed by atoms with Crippen LogP contribution in [0.3, 0.4) is 0 Å². The molecule has 156 valence electrons. The van der Waals surface area contributed by atoms with Crippen LogP contribution in [0, 0.1) is 0 Å². The first-order chi connectivity index (χ1) is 15.8. The van der Waals surface area contributed by atoms with Gasteiger partial charge >= 0.3 is 0 Å². The van der Waals surface area contributed by atoms with Crippen molar-refractivity contribution in [2.75, 3.05) is 0 Å². The highest BCUT2D eigenvalue weighted by Crippen LogP contribution is 2.39. The lowest BCUT2D eigenvalue weighted by Crippen LogP contribution is -2.39. The molecule has 0 saturated heterocycles. The molecule has 0 N–H and O–H groups in total. The fourth-order valence-electron chi connectivity index (χ4n) is 4.01. The summed E-state index contributed by atoms with van der Waals surface area (Å²) in [5.41, 5.74) is 2.18. The number of ketones is 1. The number of hydrogen-bond acceptors (Lipinski definition) is 5. The summed E-state index contributed by atoms with van der Waals surface area (Å²) < 4.78 is 0. The molecule has 6 heteroatoms. The van der Waals surface area contributed by atoms with Crippen molar-refractivity contribution in [3.63, 3.8) is 0 Å². The lowest BCUT2D eigenvalue weighted by atomic mass is 9.77. The SMILES string of the molecule is O=C(Cc1nnn(C(c2ccccc2)(c2ccccc2)c2ccccc2)n1)c1cccs1. The Labute approximate surface area is 190 Å². The fraction of sp³-hybridized carbons (Fsp3) is 0.0769. The van der Waals surface area contributed by atoms with Crippen LogP contribution < -0.4 is 0 Å². The summed E-state index contributed by atoms with van der Waals surface area (Å²) in [6.45, 7) is 0. The van der Waals surface area contributed by atoms with Crippen LogP contribution in [0.25, 0.3) is 0 Å². The van der Waals surface area contributed by atoms with Crippen LogP contribution in [0.1, 0.15) is 32.2 Å². The first-order valence-electron chi connectivity index (χ1n) is 10.3. The van der Waals surface area contributed by atoms with E-state index in [1.54, 1.807) is 4.80 Å². The molecule has 5 rings (SSSR count). The van der Waals surface area contributed by atoms with E-state index >= 15 is 0 Å². The van der Waals surface area contributed by atoms with E-state index in [-0.39, 0.29) is 12.2 Å². The van der Waals surface area contributed by atoms with Crippen LogP contribution in [-0.2, 0) is 12.0 Å². The van der Waals surface area contributed by atoms with Crippen molar-refractivity contribution in [3.8, 4) is 0 Å². The van der Waals surface area contributed by atoms with E-state index in [1.165, 1.54) is 11.3 Å². The number of thiophene rings is 1. The normalized spacial score (nSPS) is 11.4. The Balaban J connectivity index is 1.69. The molecule has 0 unspecified atom stereocenters. The van der Waals surface area contributed by atoms with E-state index < -0.39 is 5.54 Å². The quantitative estimate of drug-likeness (QED) is 0.266. The molecule has 0 bridgehead atoms. The molecule has 3 aromatic carbocycles. The third kappa shape index (κ3) is 3.55. The second-order valence-corrected chi connectivity index (χ2v) is 8.33. The van der Waals surface area contributed by atoms with Gasteiger partial charge in [-0.2, -0.15) is 0 Å². The molecule has 0 atom stereocenters. The molecule has 0 aliphatic heterocycles. The maximum Gasteiger partial charge on any atom is 0.182 e. The third-order valence-electron chi connectivity index (χ3n) is 5.44. The van der Waals surface area contributed by atoms with Gasteiger partial charge in [-0.1, -0.05) is 97.1 Å². The monoisotopic (exact) mass is 436 g/mol. The van der Waals surface area contributed by atoms with Crippen LogP contribution in [0.4, 0.5) is 0 Å². The molecule has 5 aromatic rings. The minimum absolute atomic E-state index is 0.00992. The largest absolute Gasteiger partial charge is 0.293 e. The molecule has 0 saturated carbocycles. The minimum Gasteiger partial charge on any atom is -0.293 e. The number of benzene rings is 3. The zero-order valence-electron chi connectivity index (χ0n) is 17.2. The van der Waals surface area contributed by atoms with Gasteiger partial charge in [-0.3, -0.25) is 4.79 Å². The minimum atomic E-state index is -0.832. The molecule has 32 heavy (non-hydrogen) atoms. The Morgan fingerprint density at radius 2 is 1.28 bits per heavy atom. The number of nitrogens with zero attached hydrogens (tertiary/aromatic N) is 4. The van der Waals surface area contributed by atoms with E-state index in [0.717, 1.165) is 16.7 Å². The van der Waals surface area contributed by atoms with Crippen molar-refractivity contribution in [3.05, 3.63) is 136 Å². The van der Waals surface area contributed by atoms with Gasteiger partial charge in [0.1, 0.15) is 0 Å². The Hall–Kier alpha value is -3.90. The fourth-order valence-corrected chi connectivity index (χ4v) is 4.67. The zero-order valence-corrected chi connectivity index (χ0v) is 18.0. The summed E-state index contributed by atoms with van der Waals surface area (Å²) in [4.78, 5) is 15.0. The van der Waals surface area contributed by atoms with Gasteiger partial charge in [0.15, 0.2) is 17.1 Å². The maximum atomic E-state index is 12.6. The molecule has 0 amide bonds. The summed E-state index contributed by atoms with van der Waals surface area (Å²) in [5.74, 6) is 0.389. The van der Waals surface area contributed by atoms with Gasteiger partial charge < -0.3 is 0 Å². The van der Waals surface area contributed by atoms with E-state index in [1.807, 2.05) is 72.1 Å². The van der Waals surface area contributed by atoms with Crippen molar-refractivity contribution in [1.82, 2.24) is 20.2 Å². The number of hydrogen-bond donors (Lipinski definition) is 0. The van der Waals surface area contributed by atoms with Crippen LogP contribution >= 0.6 is 11.3 Å².